The number of anilines is 1. The van der Waals surface area contributed by atoms with Crippen LogP contribution < -0.4 is 11.1 Å². The molecule has 0 atom stereocenters. The number of rotatable bonds is 9. The third kappa shape index (κ3) is 11.4. The highest BCUT2D eigenvalue weighted by Crippen LogP contribution is 2.13. The van der Waals surface area contributed by atoms with E-state index in [1.54, 1.807) is 0 Å². The van der Waals surface area contributed by atoms with Crippen LogP contribution in [0.25, 0.3) is 0 Å². The first-order valence-electron chi connectivity index (χ1n) is 8.27. The van der Waals surface area contributed by atoms with Gasteiger partial charge in [0.15, 0.2) is 5.96 Å². The summed E-state index contributed by atoms with van der Waals surface area (Å²) in [6.45, 7) is 6.16. The first kappa shape index (κ1) is 22.2. The Labute approximate surface area is 158 Å². The number of nitrogens with one attached hydrogen (secondary N) is 1. The summed E-state index contributed by atoms with van der Waals surface area (Å²) in [5, 5.41) is 3.17. The molecule has 1 aromatic carbocycles. The Morgan fingerprint density at radius 1 is 1.00 bits per heavy atom. The van der Waals surface area contributed by atoms with Crippen molar-refractivity contribution in [3.05, 3.63) is 29.3 Å². The van der Waals surface area contributed by atoms with E-state index in [1.165, 1.54) is 43.4 Å². The summed E-state index contributed by atoms with van der Waals surface area (Å²) < 4.78 is 0. The molecular formula is C18H33IN4. The van der Waals surface area contributed by atoms with Crippen LogP contribution in [0.3, 0.4) is 0 Å². The van der Waals surface area contributed by atoms with Crippen molar-refractivity contribution in [3.63, 3.8) is 0 Å². The van der Waals surface area contributed by atoms with Crippen molar-refractivity contribution in [2.75, 3.05) is 32.5 Å². The normalized spacial score (nSPS) is 11.4. The zero-order valence-electron chi connectivity index (χ0n) is 15.1. The number of hydrogen-bond donors (Lipinski definition) is 2. The lowest BCUT2D eigenvalue weighted by Crippen LogP contribution is -2.23. The fourth-order valence-electron chi connectivity index (χ4n) is 2.50. The van der Waals surface area contributed by atoms with Gasteiger partial charge in [-0.05, 0) is 70.6 Å². The molecule has 0 bridgehead atoms. The highest BCUT2D eigenvalue weighted by atomic mass is 127. The minimum Gasteiger partial charge on any atom is -0.370 e. The quantitative estimate of drug-likeness (QED) is 0.267. The molecule has 132 valence electrons. The average Bonchev–Trinajstić information content (AvgIpc) is 2.40. The van der Waals surface area contributed by atoms with Gasteiger partial charge < -0.3 is 16.0 Å². The molecule has 0 heterocycles. The summed E-state index contributed by atoms with van der Waals surface area (Å²) in [6, 6.07) is 6.31. The van der Waals surface area contributed by atoms with Gasteiger partial charge in [-0.15, -0.1) is 24.0 Å². The highest BCUT2D eigenvalue weighted by Gasteiger charge is 1.98. The summed E-state index contributed by atoms with van der Waals surface area (Å²) in [5.74, 6) is 0.512. The maximum atomic E-state index is 5.93. The maximum absolute atomic E-state index is 5.93. The van der Waals surface area contributed by atoms with Crippen molar-refractivity contribution in [3.8, 4) is 0 Å². The summed E-state index contributed by atoms with van der Waals surface area (Å²) >= 11 is 0. The zero-order valence-corrected chi connectivity index (χ0v) is 17.4. The number of nitrogens with two attached hydrogens (primary N) is 1. The van der Waals surface area contributed by atoms with Crippen LogP contribution >= 0.6 is 24.0 Å². The largest absolute Gasteiger partial charge is 0.370 e. The minimum absolute atomic E-state index is 0. The van der Waals surface area contributed by atoms with Gasteiger partial charge >= 0.3 is 0 Å². The number of aliphatic imine (C=N–C) groups is 1. The third-order valence-corrected chi connectivity index (χ3v) is 3.54. The van der Waals surface area contributed by atoms with Gasteiger partial charge in [0.25, 0.3) is 0 Å². The number of guanidine groups is 1. The van der Waals surface area contributed by atoms with Crippen LogP contribution in [0.4, 0.5) is 5.69 Å². The SMILES string of the molecule is Cc1cc(C)cc(NC(N)=NCCCCCCCN(C)C)c1.I. The summed E-state index contributed by atoms with van der Waals surface area (Å²) in [7, 11) is 4.25. The number of aryl methyl sites for hydroxylation is 2. The molecule has 23 heavy (non-hydrogen) atoms. The molecule has 1 rings (SSSR count). The predicted octanol–water partition coefficient (Wildman–Crippen LogP) is 4.16. The molecule has 0 aliphatic carbocycles. The van der Waals surface area contributed by atoms with E-state index in [2.05, 4.69) is 61.4 Å². The molecular weight excluding hydrogens is 399 g/mol. The molecule has 0 fully saturated rings. The minimum atomic E-state index is 0. The van der Waals surface area contributed by atoms with E-state index < -0.39 is 0 Å². The molecule has 0 unspecified atom stereocenters. The van der Waals surface area contributed by atoms with E-state index in [0.717, 1.165) is 18.7 Å². The van der Waals surface area contributed by atoms with Crippen LogP contribution in [0.1, 0.15) is 43.2 Å². The van der Waals surface area contributed by atoms with Crippen LogP contribution in [-0.4, -0.2) is 38.0 Å². The molecule has 0 saturated carbocycles. The molecule has 5 heteroatoms. The smallest absolute Gasteiger partial charge is 0.193 e. The summed E-state index contributed by atoms with van der Waals surface area (Å²) in [6.07, 6.45) is 6.21. The number of unbranched alkanes of at least 4 members (excludes halogenated alkanes) is 4. The Morgan fingerprint density at radius 2 is 1.57 bits per heavy atom. The van der Waals surface area contributed by atoms with Crippen LogP contribution in [0.2, 0.25) is 0 Å². The van der Waals surface area contributed by atoms with E-state index >= 15 is 0 Å². The van der Waals surface area contributed by atoms with Gasteiger partial charge in [-0.3, -0.25) is 4.99 Å². The Balaban J connectivity index is 0.00000484. The lowest BCUT2D eigenvalue weighted by molar-refractivity contribution is 0.390. The summed E-state index contributed by atoms with van der Waals surface area (Å²) in [4.78, 5) is 6.64. The second-order valence-electron chi connectivity index (χ2n) is 6.34. The lowest BCUT2D eigenvalue weighted by Gasteiger charge is -2.09. The van der Waals surface area contributed by atoms with E-state index in [4.69, 9.17) is 5.73 Å². The molecule has 1 aromatic rings. The topological polar surface area (TPSA) is 53.6 Å². The molecule has 0 saturated heterocycles. The molecule has 4 nitrogen and oxygen atoms in total. The van der Waals surface area contributed by atoms with Gasteiger partial charge in [-0.25, -0.2) is 0 Å². The highest BCUT2D eigenvalue weighted by molar-refractivity contribution is 14.0. The Hall–Kier alpha value is -0.820. The lowest BCUT2D eigenvalue weighted by atomic mass is 10.1. The Bertz CT molecular complexity index is 452. The van der Waals surface area contributed by atoms with E-state index in [9.17, 15) is 0 Å². The van der Waals surface area contributed by atoms with Crippen LogP contribution in [0.15, 0.2) is 23.2 Å². The summed E-state index contributed by atoms with van der Waals surface area (Å²) in [5.41, 5.74) is 9.41. The zero-order chi connectivity index (χ0) is 16.4. The first-order chi connectivity index (χ1) is 10.5. The molecule has 0 radical (unpaired) electrons. The van der Waals surface area contributed by atoms with E-state index in [0.29, 0.717) is 5.96 Å². The monoisotopic (exact) mass is 432 g/mol. The molecule has 3 N–H and O–H groups in total. The molecule has 0 spiro atoms. The predicted molar refractivity (Wildman–Crippen MR) is 113 cm³/mol. The van der Waals surface area contributed by atoms with E-state index in [1.807, 2.05) is 0 Å². The van der Waals surface area contributed by atoms with Crippen LogP contribution in [-0.2, 0) is 0 Å². The average molecular weight is 432 g/mol. The molecule has 0 aliphatic heterocycles. The Kier molecular flexibility index (Phi) is 12.1. The standard InChI is InChI=1S/C18H32N4.HI/c1-15-12-16(2)14-17(13-15)21-18(19)20-10-8-6-5-7-9-11-22(3)4;/h12-14H,5-11H2,1-4H3,(H3,19,20,21);1H. The Morgan fingerprint density at radius 3 is 2.17 bits per heavy atom. The third-order valence-electron chi connectivity index (χ3n) is 3.54. The van der Waals surface area contributed by atoms with Gasteiger partial charge in [0, 0.05) is 12.2 Å². The number of benzene rings is 1. The van der Waals surface area contributed by atoms with Crippen LogP contribution in [0.5, 0.6) is 0 Å². The second-order valence-corrected chi connectivity index (χ2v) is 6.34. The number of hydrogen-bond acceptors (Lipinski definition) is 2. The van der Waals surface area contributed by atoms with Crippen molar-refractivity contribution < 1.29 is 0 Å². The van der Waals surface area contributed by atoms with Crippen molar-refractivity contribution in [2.45, 2.75) is 46.0 Å². The molecule has 0 aromatic heterocycles. The fourth-order valence-corrected chi connectivity index (χ4v) is 2.50. The van der Waals surface area contributed by atoms with Crippen molar-refractivity contribution in [1.82, 2.24) is 4.90 Å². The van der Waals surface area contributed by atoms with Crippen LogP contribution in [0, 0.1) is 13.8 Å². The van der Waals surface area contributed by atoms with Crippen molar-refractivity contribution in [1.29, 1.82) is 0 Å². The van der Waals surface area contributed by atoms with Gasteiger partial charge in [0.1, 0.15) is 0 Å². The van der Waals surface area contributed by atoms with Gasteiger partial charge in [-0.2, -0.15) is 0 Å². The number of halogens is 1. The second kappa shape index (κ2) is 12.6. The van der Waals surface area contributed by atoms with Gasteiger partial charge in [-0.1, -0.05) is 25.3 Å². The van der Waals surface area contributed by atoms with Gasteiger partial charge in [0.2, 0.25) is 0 Å². The maximum Gasteiger partial charge on any atom is 0.193 e. The van der Waals surface area contributed by atoms with Gasteiger partial charge in [0.05, 0.1) is 0 Å². The van der Waals surface area contributed by atoms with Crippen molar-refractivity contribution in [2.24, 2.45) is 10.7 Å². The van der Waals surface area contributed by atoms with Crippen molar-refractivity contribution >= 4 is 35.6 Å². The first-order valence-corrected chi connectivity index (χ1v) is 8.27. The fraction of sp³-hybridized carbons (Fsp3) is 0.611. The van der Waals surface area contributed by atoms with E-state index in [-0.39, 0.29) is 24.0 Å². The number of nitrogens with zero attached hydrogens (tertiary/aromatic N) is 2. The molecule has 0 aliphatic rings. The molecule has 0 amide bonds.